The quantitative estimate of drug-likeness (QED) is 0.647. The minimum absolute atomic E-state index is 0.806. The van der Waals surface area contributed by atoms with E-state index in [2.05, 4.69) is 30.7 Å². The molecular formula is C17H34N2. The molecule has 19 heavy (non-hydrogen) atoms. The lowest BCUT2D eigenvalue weighted by molar-refractivity contribution is 0.155. The number of piperidine rings is 1. The molecule has 3 unspecified atom stereocenters. The number of unbranched alkanes of at least 4 members (excludes halogenated alkanes) is 4. The van der Waals surface area contributed by atoms with Crippen molar-refractivity contribution < 1.29 is 0 Å². The van der Waals surface area contributed by atoms with Gasteiger partial charge in [-0.25, -0.2) is 0 Å². The first-order chi connectivity index (χ1) is 9.22. The van der Waals surface area contributed by atoms with E-state index < -0.39 is 0 Å². The second kappa shape index (κ2) is 7.64. The van der Waals surface area contributed by atoms with Gasteiger partial charge in [0.05, 0.1) is 0 Å². The highest BCUT2D eigenvalue weighted by molar-refractivity contribution is 4.94. The fourth-order valence-corrected chi connectivity index (χ4v) is 4.02. The van der Waals surface area contributed by atoms with E-state index in [0.717, 1.165) is 18.0 Å². The van der Waals surface area contributed by atoms with Gasteiger partial charge < -0.3 is 4.90 Å². The van der Waals surface area contributed by atoms with Crippen LogP contribution in [0.15, 0.2) is 0 Å². The van der Waals surface area contributed by atoms with E-state index in [9.17, 15) is 0 Å². The number of hydrogen-bond acceptors (Lipinski definition) is 2. The summed E-state index contributed by atoms with van der Waals surface area (Å²) in [5.41, 5.74) is 0. The molecule has 2 rings (SSSR count). The van der Waals surface area contributed by atoms with Crippen molar-refractivity contribution in [1.29, 1.82) is 0 Å². The largest absolute Gasteiger partial charge is 0.302 e. The molecule has 0 aromatic heterocycles. The van der Waals surface area contributed by atoms with Gasteiger partial charge in [-0.3, -0.25) is 4.90 Å². The van der Waals surface area contributed by atoms with Crippen molar-refractivity contribution in [3.05, 3.63) is 0 Å². The summed E-state index contributed by atoms with van der Waals surface area (Å²) >= 11 is 0. The van der Waals surface area contributed by atoms with Crippen LogP contribution in [0, 0.1) is 5.92 Å². The number of likely N-dealkylation sites (N-methyl/N-ethyl adjacent to an activating group) is 1. The molecule has 2 nitrogen and oxygen atoms in total. The number of fused-ring (bicyclic) bond motifs is 1. The predicted molar refractivity (Wildman–Crippen MR) is 83.6 cm³/mol. The van der Waals surface area contributed by atoms with Crippen molar-refractivity contribution in [2.24, 2.45) is 5.92 Å². The Bertz CT molecular complexity index is 254. The fourth-order valence-electron chi connectivity index (χ4n) is 4.02. The molecule has 2 saturated heterocycles. The summed E-state index contributed by atoms with van der Waals surface area (Å²) in [5, 5.41) is 0. The number of hydrogen-bond donors (Lipinski definition) is 0. The van der Waals surface area contributed by atoms with Crippen LogP contribution in [-0.2, 0) is 0 Å². The van der Waals surface area contributed by atoms with E-state index in [1.54, 1.807) is 0 Å². The summed E-state index contributed by atoms with van der Waals surface area (Å²) in [6.07, 6.45) is 11.4. The Hall–Kier alpha value is -0.0800. The predicted octanol–water partition coefficient (Wildman–Crippen LogP) is 3.76. The number of rotatable bonds is 7. The fraction of sp³-hybridized carbons (Fsp3) is 1.00. The van der Waals surface area contributed by atoms with Crippen molar-refractivity contribution in [3.8, 4) is 0 Å². The molecule has 0 amide bonds. The Labute approximate surface area is 120 Å². The van der Waals surface area contributed by atoms with Crippen LogP contribution in [-0.4, -0.2) is 48.6 Å². The summed E-state index contributed by atoms with van der Waals surface area (Å²) < 4.78 is 0. The topological polar surface area (TPSA) is 6.48 Å². The third-order valence-corrected chi connectivity index (χ3v) is 5.44. The highest BCUT2D eigenvalue weighted by Crippen LogP contribution is 2.31. The van der Waals surface area contributed by atoms with Crippen LogP contribution in [0.4, 0.5) is 0 Å². The van der Waals surface area contributed by atoms with Crippen molar-refractivity contribution in [2.45, 2.75) is 77.3 Å². The van der Waals surface area contributed by atoms with E-state index >= 15 is 0 Å². The first-order valence-corrected chi connectivity index (χ1v) is 8.66. The SMILES string of the molecule is CCCCCCCC(C)N1CC2CCCN(C)C2C1. The third kappa shape index (κ3) is 4.19. The molecule has 3 atom stereocenters. The van der Waals surface area contributed by atoms with Gasteiger partial charge >= 0.3 is 0 Å². The minimum Gasteiger partial charge on any atom is -0.302 e. The zero-order valence-electron chi connectivity index (χ0n) is 13.4. The van der Waals surface area contributed by atoms with Crippen molar-refractivity contribution in [1.82, 2.24) is 9.80 Å². The smallest absolute Gasteiger partial charge is 0.0260 e. The summed E-state index contributed by atoms with van der Waals surface area (Å²) in [7, 11) is 2.33. The molecule has 0 aromatic rings. The van der Waals surface area contributed by atoms with E-state index in [-0.39, 0.29) is 0 Å². The van der Waals surface area contributed by atoms with Gasteiger partial charge in [0.2, 0.25) is 0 Å². The second-order valence-corrected chi connectivity index (χ2v) is 6.96. The molecule has 2 heteroatoms. The molecular weight excluding hydrogens is 232 g/mol. The van der Waals surface area contributed by atoms with E-state index in [4.69, 9.17) is 0 Å². The molecule has 0 aliphatic carbocycles. The van der Waals surface area contributed by atoms with Gasteiger partial charge in [0, 0.05) is 25.2 Å². The van der Waals surface area contributed by atoms with E-state index in [0.29, 0.717) is 0 Å². The summed E-state index contributed by atoms with van der Waals surface area (Å²) in [4.78, 5) is 5.39. The van der Waals surface area contributed by atoms with Crippen LogP contribution in [0.3, 0.4) is 0 Å². The molecule has 0 bridgehead atoms. The molecule has 0 N–H and O–H groups in total. The molecule has 2 fully saturated rings. The summed E-state index contributed by atoms with van der Waals surface area (Å²) in [5.74, 6) is 0.960. The van der Waals surface area contributed by atoms with E-state index in [1.165, 1.54) is 71.0 Å². The maximum absolute atomic E-state index is 2.77. The standard InChI is InChI=1S/C17H34N2/c1-4-5-6-7-8-10-15(2)19-13-16-11-9-12-18(3)17(16)14-19/h15-17H,4-14H2,1-3H3. The van der Waals surface area contributed by atoms with Crippen LogP contribution in [0.25, 0.3) is 0 Å². The Kier molecular flexibility index (Phi) is 6.15. The van der Waals surface area contributed by atoms with Crippen LogP contribution < -0.4 is 0 Å². The Morgan fingerprint density at radius 2 is 1.89 bits per heavy atom. The van der Waals surface area contributed by atoms with Gasteiger partial charge in [0.15, 0.2) is 0 Å². The molecule has 2 aliphatic heterocycles. The Morgan fingerprint density at radius 3 is 2.63 bits per heavy atom. The average molecular weight is 266 g/mol. The first-order valence-electron chi connectivity index (χ1n) is 8.66. The molecule has 0 aromatic carbocycles. The zero-order valence-corrected chi connectivity index (χ0v) is 13.4. The van der Waals surface area contributed by atoms with Gasteiger partial charge in [0.25, 0.3) is 0 Å². The van der Waals surface area contributed by atoms with Crippen LogP contribution in [0.1, 0.15) is 65.2 Å². The van der Waals surface area contributed by atoms with Crippen molar-refractivity contribution in [2.75, 3.05) is 26.7 Å². The van der Waals surface area contributed by atoms with Gasteiger partial charge in [-0.2, -0.15) is 0 Å². The lowest BCUT2D eigenvalue weighted by atomic mass is 9.93. The monoisotopic (exact) mass is 266 g/mol. The minimum atomic E-state index is 0.806. The molecule has 2 aliphatic rings. The maximum atomic E-state index is 2.77. The molecule has 112 valence electrons. The molecule has 0 radical (unpaired) electrons. The highest BCUT2D eigenvalue weighted by atomic mass is 15.3. The van der Waals surface area contributed by atoms with Crippen molar-refractivity contribution in [3.63, 3.8) is 0 Å². The Morgan fingerprint density at radius 1 is 1.11 bits per heavy atom. The average Bonchev–Trinajstić information content (AvgIpc) is 2.84. The van der Waals surface area contributed by atoms with Gasteiger partial charge in [-0.05, 0) is 45.7 Å². The van der Waals surface area contributed by atoms with Gasteiger partial charge in [0.1, 0.15) is 0 Å². The third-order valence-electron chi connectivity index (χ3n) is 5.44. The highest BCUT2D eigenvalue weighted by Gasteiger charge is 2.38. The molecule has 2 heterocycles. The van der Waals surface area contributed by atoms with E-state index in [1.807, 2.05) is 0 Å². The van der Waals surface area contributed by atoms with Gasteiger partial charge in [-0.1, -0.05) is 39.0 Å². The van der Waals surface area contributed by atoms with Crippen molar-refractivity contribution >= 4 is 0 Å². The maximum Gasteiger partial charge on any atom is 0.0260 e. The number of nitrogens with zero attached hydrogens (tertiary/aromatic N) is 2. The molecule has 0 saturated carbocycles. The lowest BCUT2D eigenvalue weighted by Crippen LogP contribution is -2.42. The second-order valence-electron chi connectivity index (χ2n) is 6.96. The normalized spacial score (nSPS) is 30.5. The van der Waals surface area contributed by atoms with Gasteiger partial charge in [-0.15, -0.1) is 0 Å². The molecule has 0 spiro atoms. The summed E-state index contributed by atoms with van der Waals surface area (Å²) in [6.45, 7) is 8.77. The van der Waals surface area contributed by atoms with Crippen LogP contribution in [0.2, 0.25) is 0 Å². The van der Waals surface area contributed by atoms with Crippen LogP contribution in [0.5, 0.6) is 0 Å². The number of likely N-dealkylation sites (tertiary alicyclic amines) is 2. The zero-order chi connectivity index (χ0) is 13.7. The first kappa shape index (κ1) is 15.3. The Balaban J connectivity index is 1.67. The summed E-state index contributed by atoms with van der Waals surface area (Å²) in [6, 6.07) is 1.66. The lowest BCUT2D eigenvalue weighted by Gasteiger charge is -2.33. The van der Waals surface area contributed by atoms with Crippen LogP contribution >= 0.6 is 0 Å².